The Morgan fingerprint density at radius 2 is 1.95 bits per heavy atom. The topological polar surface area (TPSA) is 128 Å². The van der Waals surface area contributed by atoms with Gasteiger partial charge in [-0.2, -0.15) is 0 Å². The number of carbonyl (C=O) groups is 3. The number of carbonyl (C=O) groups excluding carboxylic acids is 3. The van der Waals surface area contributed by atoms with Crippen LogP contribution in [-0.2, 0) is 16.1 Å². The highest BCUT2D eigenvalue weighted by atomic mass is 35.5. The Bertz CT molecular complexity index is 1200. The highest BCUT2D eigenvalue weighted by molar-refractivity contribution is 6.31. The zero-order chi connectivity index (χ0) is 27.9. The Morgan fingerprint density at radius 3 is 2.58 bits per heavy atom. The summed E-state index contributed by atoms with van der Waals surface area (Å²) in [6.45, 7) is 3.22. The van der Waals surface area contributed by atoms with Crippen molar-refractivity contribution >= 4 is 29.5 Å². The predicted octanol–water partition coefficient (Wildman–Crippen LogP) is 2.47. The second kappa shape index (κ2) is 12.8. The second-order valence-corrected chi connectivity index (χ2v) is 10.2. The molecule has 1 aliphatic heterocycles. The molecule has 1 fully saturated rings. The molecular formula is C28H32ClN3O6. The third-order valence-electron chi connectivity index (χ3n) is 6.54. The van der Waals surface area contributed by atoms with Gasteiger partial charge in [-0.1, -0.05) is 55.6 Å². The van der Waals surface area contributed by atoms with E-state index in [1.165, 1.54) is 4.90 Å². The van der Waals surface area contributed by atoms with Gasteiger partial charge >= 0.3 is 6.09 Å². The first-order valence-corrected chi connectivity index (χ1v) is 12.6. The minimum Gasteiger partial charge on any atom is -0.410 e. The molecule has 202 valence electrons. The third kappa shape index (κ3) is 7.25. The number of hydrogen-bond donors (Lipinski definition) is 4. The number of terminal acetylenes is 1. The fraction of sp³-hybridized carbons (Fsp3) is 0.393. The number of likely N-dealkylation sites (tertiary alicyclic amines) is 1. The molecule has 0 bridgehead atoms. The van der Waals surface area contributed by atoms with Crippen molar-refractivity contribution in [2.45, 2.75) is 51.4 Å². The third-order valence-corrected chi connectivity index (χ3v) is 6.89. The van der Waals surface area contributed by atoms with Gasteiger partial charge in [-0.15, -0.1) is 6.42 Å². The zero-order valence-corrected chi connectivity index (χ0v) is 22.1. The number of para-hydroxylation sites is 1. The van der Waals surface area contributed by atoms with Crippen LogP contribution >= 0.6 is 11.6 Å². The molecule has 1 aliphatic rings. The number of benzene rings is 2. The van der Waals surface area contributed by atoms with Crippen LogP contribution in [0.25, 0.3) is 0 Å². The van der Waals surface area contributed by atoms with E-state index >= 15 is 0 Å². The van der Waals surface area contributed by atoms with Gasteiger partial charge in [0.15, 0.2) is 0 Å². The van der Waals surface area contributed by atoms with Crippen molar-refractivity contribution < 1.29 is 29.3 Å². The number of ether oxygens (including phenoxy) is 1. The maximum Gasteiger partial charge on any atom is 0.413 e. The monoisotopic (exact) mass is 541 g/mol. The van der Waals surface area contributed by atoms with Crippen LogP contribution in [0.4, 0.5) is 4.79 Å². The summed E-state index contributed by atoms with van der Waals surface area (Å²) in [5.74, 6) is 1.74. The van der Waals surface area contributed by atoms with Crippen molar-refractivity contribution in [1.29, 1.82) is 0 Å². The minimum atomic E-state index is -1.14. The molecule has 0 aromatic heterocycles. The molecule has 3 rings (SSSR count). The summed E-state index contributed by atoms with van der Waals surface area (Å²) in [6.07, 6.45) is 3.82. The molecule has 2 aromatic carbocycles. The summed E-state index contributed by atoms with van der Waals surface area (Å²) >= 11 is 6.26. The molecule has 1 saturated heterocycles. The van der Waals surface area contributed by atoms with Crippen LogP contribution in [-0.4, -0.2) is 64.4 Å². The summed E-state index contributed by atoms with van der Waals surface area (Å²) in [6, 6.07) is 11.3. The van der Waals surface area contributed by atoms with Gasteiger partial charge in [0, 0.05) is 36.7 Å². The van der Waals surface area contributed by atoms with E-state index < -0.39 is 41.5 Å². The van der Waals surface area contributed by atoms with Gasteiger partial charge in [0.1, 0.15) is 17.8 Å². The average Bonchev–Trinajstić information content (AvgIpc) is 3.28. The molecule has 0 saturated carbocycles. The SMILES string of the molecule is C#Cc1ccc(CNC(=O)[C@@H]2C[C@@H](O)CN2C(=O)[C@@H](NC(=O)Oc2ccccc2)C(C)(C)CCO)c(Cl)c1. The van der Waals surface area contributed by atoms with E-state index in [0.717, 1.165) is 0 Å². The quantitative estimate of drug-likeness (QED) is 0.361. The maximum absolute atomic E-state index is 13.8. The fourth-order valence-corrected chi connectivity index (χ4v) is 4.57. The van der Waals surface area contributed by atoms with Crippen molar-refractivity contribution in [3.8, 4) is 18.1 Å². The van der Waals surface area contributed by atoms with E-state index in [4.69, 9.17) is 22.8 Å². The molecule has 9 nitrogen and oxygen atoms in total. The first-order chi connectivity index (χ1) is 18.1. The summed E-state index contributed by atoms with van der Waals surface area (Å²) in [4.78, 5) is 40.8. The highest BCUT2D eigenvalue weighted by Crippen LogP contribution is 2.30. The molecule has 2 aromatic rings. The Morgan fingerprint density at radius 1 is 1.24 bits per heavy atom. The van der Waals surface area contributed by atoms with Crippen LogP contribution in [0.15, 0.2) is 48.5 Å². The summed E-state index contributed by atoms with van der Waals surface area (Å²) < 4.78 is 5.30. The van der Waals surface area contributed by atoms with Crippen LogP contribution in [0.2, 0.25) is 5.02 Å². The van der Waals surface area contributed by atoms with E-state index in [1.807, 2.05) is 0 Å². The lowest BCUT2D eigenvalue weighted by Gasteiger charge is -2.37. The Balaban J connectivity index is 1.76. The number of nitrogens with zero attached hydrogens (tertiary/aromatic N) is 1. The lowest BCUT2D eigenvalue weighted by molar-refractivity contribution is -0.142. The van der Waals surface area contributed by atoms with Crippen molar-refractivity contribution in [2.75, 3.05) is 13.2 Å². The number of aliphatic hydroxyl groups excluding tert-OH is 2. The molecular weight excluding hydrogens is 510 g/mol. The lowest BCUT2D eigenvalue weighted by atomic mass is 9.80. The second-order valence-electron chi connectivity index (χ2n) is 9.81. The number of aliphatic hydroxyl groups is 2. The van der Waals surface area contributed by atoms with E-state index in [9.17, 15) is 24.6 Å². The van der Waals surface area contributed by atoms with E-state index in [1.54, 1.807) is 62.4 Å². The van der Waals surface area contributed by atoms with Crippen LogP contribution < -0.4 is 15.4 Å². The fourth-order valence-electron chi connectivity index (χ4n) is 4.32. The van der Waals surface area contributed by atoms with Crippen molar-refractivity contribution in [3.63, 3.8) is 0 Å². The number of nitrogens with one attached hydrogen (secondary N) is 2. The van der Waals surface area contributed by atoms with Crippen molar-refractivity contribution in [1.82, 2.24) is 15.5 Å². The first kappa shape index (κ1) is 29.0. The van der Waals surface area contributed by atoms with Crippen LogP contribution in [0.5, 0.6) is 5.75 Å². The standard InChI is InChI=1S/C28H32ClN3O6/c1-4-18-10-11-19(22(29)14-18)16-30-25(35)23-15-20(34)17-32(23)26(36)24(28(2,3)12-13-33)31-27(37)38-21-8-6-5-7-9-21/h1,5-11,14,20,23-24,33-34H,12-13,15-17H2,2-3H3,(H,30,35)(H,31,37)/t20-,23+,24-/m1/s1. The van der Waals surface area contributed by atoms with Gasteiger partial charge in [-0.3, -0.25) is 9.59 Å². The number of halogens is 1. The molecule has 0 spiro atoms. The zero-order valence-electron chi connectivity index (χ0n) is 21.3. The van der Waals surface area contributed by atoms with Crippen molar-refractivity contribution in [3.05, 3.63) is 64.7 Å². The van der Waals surface area contributed by atoms with E-state index in [2.05, 4.69) is 16.6 Å². The summed E-state index contributed by atoms with van der Waals surface area (Å²) in [7, 11) is 0. The van der Waals surface area contributed by atoms with Gasteiger partial charge in [0.05, 0.1) is 6.10 Å². The smallest absolute Gasteiger partial charge is 0.410 e. The van der Waals surface area contributed by atoms with Crippen LogP contribution in [0.3, 0.4) is 0 Å². The predicted molar refractivity (Wildman–Crippen MR) is 142 cm³/mol. The largest absolute Gasteiger partial charge is 0.413 e. The first-order valence-electron chi connectivity index (χ1n) is 12.2. The van der Waals surface area contributed by atoms with Crippen LogP contribution in [0, 0.1) is 17.8 Å². The molecule has 3 atom stereocenters. The normalized spacial score (nSPS) is 17.8. The molecule has 0 unspecified atom stereocenters. The average molecular weight is 542 g/mol. The molecule has 1 heterocycles. The molecule has 0 radical (unpaired) electrons. The molecule has 10 heteroatoms. The molecule has 3 amide bonds. The lowest BCUT2D eigenvalue weighted by Crippen LogP contribution is -2.58. The Hall–Kier alpha value is -3.58. The highest BCUT2D eigenvalue weighted by Gasteiger charge is 2.45. The van der Waals surface area contributed by atoms with Gasteiger partial charge in [-0.05, 0) is 41.7 Å². The summed E-state index contributed by atoms with van der Waals surface area (Å²) in [5, 5.41) is 25.7. The Labute approximate surface area is 227 Å². The molecule has 4 N–H and O–H groups in total. The maximum atomic E-state index is 13.8. The number of amides is 3. The van der Waals surface area contributed by atoms with E-state index in [-0.39, 0.29) is 32.5 Å². The Kier molecular flexibility index (Phi) is 9.75. The number of hydrogen-bond acceptors (Lipinski definition) is 6. The van der Waals surface area contributed by atoms with Gasteiger partial charge < -0.3 is 30.5 Å². The van der Waals surface area contributed by atoms with E-state index in [0.29, 0.717) is 21.9 Å². The molecule has 38 heavy (non-hydrogen) atoms. The van der Waals surface area contributed by atoms with Gasteiger partial charge in [0.25, 0.3) is 0 Å². The number of β-amino-alcohol motifs (C(OH)–C–C–N with tert-alkyl or cyclic N) is 1. The summed E-state index contributed by atoms with van der Waals surface area (Å²) in [5.41, 5.74) is 0.348. The van der Waals surface area contributed by atoms with Gasteiger partial charge in [0.2, 0.25) is 11.8 Å². The van der Waals surface area contributed by atoms with Crippen molar-refractivity contribution in [2.24, 2.45) is 5.41 Å². The molecule has 0 aliphatic carbocycles. The van der Waals surface area contributed by atoms with Crippen LogP contribution in [0.1, 0.15) is 37.8 Å². The number of rotatable bonds is 9. The minimum absolute atomic E-state index is 0.0307. The van der Waals surface area contributed by atoms with Gasteiger partial charge in [-0.25, -0.2) is 4.79 Å².